The van der Waals surface area contributed by atoms with Gasteiger partial charge in [0.05, 0.1) is 18.6 Å². The molecule has 1 heterocycles. The minimum absolute atomic E-state index is 0.255. The fourth-order valence-electron chi connectivity index (χ4n) is 2.70. The molecule has 0 aliphatic heterocycles. The van der Waals surface area contributed by atoms with Crippen molar-refractivity contribution in [2.75, 3.05) is 26.3 Å². The maximum Gasteiger partial charge on any atom is 0.374 e. The van der Waals surface area contributed by atoms with Crippen molar-refractivity contribution in [1.29, 1.82) is 0 Å². The van der Waals surface area contributed by atoms with Gasteiger partial charge in [0, 0.05) is 5.56 Å². The first-order valence-corrected chi connectivity index (χ1v) is 9.07. The van der Waals surface area contributed by atoms with E-state index in [0.29, 0.717) is 24.7 Å². The zero-order valence-electron chi connectivity index (χ0n) is 15.7. The number of hydrogen-bond donors (Lipinski definition) is 1. The Bertz CT molecular complexity index is 690. The van der Waals surface area contributed by atoms with Crippen molar-refractivity contribution in [3.8, 4) is 5.75 Å². The Morgan fingerprint density at radius 2 is 2.08 bits per heavy atom. The lowest BCUT2D eigenvalue weighted by Gasteiger charge is -2.09. The van der Waals surface area contributed by atoms with E-state index in [-0.39, 0.29) is 5.76 Å². The minimum atomic E-state index is -0.432. The average molecular weight is 347 g/mol. The lowest BCUT2D eigenvalue weighted by molar-refractivity contribution is 0.0491. The first-order chi connectivity index (χ1) is 12.0. The van der Waals surface area contributed by atoms with Crippen molar-refractivity contribution < 1.29 is 18.7 Å². The molecule has 0 saturated carbocycles. The molecule has 0 fully saturated rings. The zero-order valence-corrected chi connectivity index (χ0v) is 15.7. The van der Waals surface area contributed by atoms with Gasteiger partial charge in [-0.1, -0.05) is 19.9 Å². The van der Waals surface area contributed by atoms with Crippen LogP contribution in [0.4, 0.5) is 0 Å². The molecule has 0 radical (unpaired) electrons. The highest BCUT2D eigenvalue weighted by atomic mass is 16.5. The van der Waals surface area contributed by atoms with Crippen LogP contribution in [-0.2, 0) is 4.74 Å². The van der Waals surface area contributed by atoms with Crippen LogP contribution < -0.4 is 10.1 Å². The molecule has 0 unspecified atom stereocenters. The van der Waals surface area contributed by atoms with E-state index in [0.717, 1.165) is 42.6 Å². The van der Waals surface area contributed by atoms with Crippen LogP contribution >= 0.6 is 0 Å². The Labute approximate surface area is 149 Å². The summed E-state index contributed by atoms with van der Waals surface area (Å²) >= 11 is 0. The van der Waals surface area contributed by atoms with Crippen LogP contribution in [0.1, 0.15) is 49.7 Å². The highest BCUT2D eigenvalue weighted by Crippen LogP contribution is 2.33. The number of rotatable bonds is 10. The minimum Gasteiger partial charge on any atom is -0.493 e. The van der Waals surface area contributed by atoms with Crippen LogP contribution in [0.2, 0.25) is 0 Å². The highest BCUT2D eigenvalue weighted by Gasteiger charge is 2.21. The summed E-state index contributed by atoms with van der Waals surface area (Å²) < 4.78 is 16.7. The molecule has 0 spiro atoms. The first-order valence-electron chi connectivity index (χ1n) is 9.07. The molecule has 0 bridgehead atoms. The number of benzene rings is 1. The second kappa shape index (κ2) is 9.47. The number of carbonyl (C=O) groups is 1. The molecule has 2 aromatic rings. The second-order valence-corrected chi connectivity index (χ2v) is 6.56. The number of unbranched alkanes of at least 4 members (excludes halogenated alkanes) is 1. The number of fused-ring (bicyclic) bond motifs is 1. The van der Waals surface area contributed by atoms with Gasteiger partial charge >= 0.3 is 5.97 Å². The molecule has 25 heavy (non-hydrogen) atoms. The van der Waals surface area contributed by atoms with Gasteiger partial charge in [0.2, 0.25) is 5.76 Å². The lowest BCUT2D eigenvalue weighted by Crippen LogP contribution is -2.21. The molecule has 5 heteroatoms. The predicted molar refractivity (Wildman–Crippen MR) is 99.3 cm³/mol. The fourth-order valence-corrected chi connectivity index (χ4v) is 2.70. The van der Waals surface area contributed by atoms with E-state index in [4.69, 9.17) is 13.9 Å². The number of ether oxygens (including phenoxy) is 2. The normalized spacial score (nSPS) is 11.2. The largest absolute Gasteiger partial charge is 0.493 e. The summed E-state index contributed by atoms with van der Waals surface area (Å²) in [4.78, 5) is 12.0. The van der Waals surface area contributed by atoms with Gasteiger partial charge in [0.25, 0.3) is 0 Å². The summed E-state index contributed by atoms with van der Waals surface area (Å²) in [5, 5.41) is 4.28. The summed E-state index contributed by atoms with van der Waals surface area (Å²) in [7, 11) is 0. The van der Waals surface area contributed by atoms with E-state index in [2.05, 4.69) is 19.2 Å². The summed E-state index contributed by atoms with van der Waals surface area (Å²) in [5.41, 5.74) is 1.42. The third kappa shape index (κ3) is 5.23. The maximum atomic E-state index is 12.0. The van der Waals surface area contributed by atoms with E-state index < -0.39 is 5.97 Å². The molecule has 1 aromatic carbocycles. The quantitative estimate of drug-likeness (QED) is 0.512. The van der Waals surface area contributed by atoms with Crippen LogP contribution in [0.5, 0.6) is 5.75 Å². The molecule has 5 nitrogen and oxygen atoms in total. The standard InChI is InChI=1S/C20H29NO4/c1-5-23-20(22)19-15(4)18-16(9-8-10-17(18)25-19)24-12-7-6-11-21-13-14(2)3/h8-10,14,21H,5-7,11-13H2,1-4H3. The number of aryl methyl sites for hydroxylation is 1. The average Bonchev–Trinajstić information content (AvgIpc) is 2.92. The Kier molecular flexibility index (Phi) is 7.31. The SMILES string of the molecule is CCOC(=O)c1oc2cccc(OCCCCNCC(C)C)c2c1C. The van der Waals surface area contributed by atoms with Gasteiger partial charge < -0.3 is 19.2 Å². The van der Waals surface area contributed by atoms with Crippen molar-refractivity contribution in [3.05, 3.63) is 29.5 Å². The van der Waals surface area contributed by atoms with Crippen molar-refractivity contribution in [1.82, 2.24) is 5.32 Å². The molecular formula is C20H29NO4. The molecule has 1 aromatic heterocycles. The van der Waals surface area contributed by atoms with Crippen LogP contribution in [0.3, 0.4) is 0 Å². The molecule has 0 amide bonds. The topological polar surface area (TPSA) is 60.7 Å². The predicted octanol–water partition coefficient (Wildman–Crippen LogP) is 4.32. The summed E-state index contributed by atoms with van der Waals surface area (Å²) in [6, 6.07) is 5.63. The molecule has 1 N–H and O–H groups in total. The lowest BCUT2D eigenvalue weighted by atomic mass is 10.1. The van der Waals surface area contributed by atoms with Crippen LogP contribution in [0.25, 0.3) is 11.0 Å². The molecule has 138 valence electrons. The molecular weight excluding hydrogens is 318 g/mol. The summed E-state index contributed by atoms with van der Waals surface area (Å²) in [6.45, 7) is 11.1. The third-order valence-corrected chi connectivity index (χ3v) is 3.93. The van der Waals surface area contributed by atoms with Gasteiger partial charge in [-0.2, -0.15) is 0 Å². The Balaban J connectivity index is 1.96. The van der Waals surface area contributed by atoms with Crippen LogP contribution in [0, 0.1) is 12.8 Å². The number of furan rings is 1. The van der Waals surface area contributed by atoms with E-state index in [1.54, 1.807) is 6.92 Å². The van der Waals surface area contributed by atoms with E-state index >= 15 is 0 Å². The van der Waals surface area contributed by atoms with Gasteiger partial charge in [-0.05, 0) is 57.8 Å². The van der Waals surface area contributed by atoms with E-state index in [1.807, 2.05) is 25.1 Å². The zero-order chi connectivity index (χ0) is 18.2. The van der Waals surface area contributed by atoms with Gasteiger partial charge in [-0.25, -0.2) is 4.79 Å². The Morgan fingerprint density at radius 1 is 1.28 bits per heavy atom. The molecule has 2 rings (SSSR count). The van der Waals surface area contributed by atoms with Gasteiger partial charge in [0.1, 0.15) is 11.3 Å². The van der Waals surface area contributed by atoms with Gasteiger partial charge in [-0.15, -0.1) is 0 Å². The van der Waals surface area contributed by atoms with Gasteiger partial charge in [0.15, 0.2) is 0 Å². The van der Waals surface area contributed by atoms with Crippen molar-refractivity contribution in [2.24, 2.45) is 5.92 Å². The number of hydrogen-bond acceptors (Lipinski definition) is 5. The molecule has 0 atom stereocenters. The third-order valence-electron chi connectivity index (χ3n) is 3.93. The number of carbonyl (C=O) groups excluding carboxylic acids is 1. The molecule has 0 aliphatic carbocycles. The van der Waals surface area contributed by atoms with E-state index in [9.17, 15) is 4.79 Å². The monoisotopic (exact) mass is 347 g/mol. The smallest absolute Gasteiger partial charge is 0.374 e. The van der Waals surface area contributed by atoms with Crippen molar-refractivity contribution >= 4 is 16.9 Å². The maximum absolute atomic E-state index is 12.0. The molecule has 0 aliphatic rings. The van der Waals surface area contributed by atoms with Crippen molar-refractivity contribution in [3.63, 3.8) is 0 Å². The van der Waals surface area contributed by atoms with Crippen LogP contribution in [0.15, 0.2) is 22.6 Å². The first kappa shape index (κ1) is 19.3. The van der Waals surface area contributed by atoms with Crippen molar-refractivity contribution in [2.45, 2.75) is 40.5 Å². The Morgan fingerprint density at radius 3 is 2.80 bits per heavy atom. The second-order valence-electron chi connectivity index (χ2n) is 6.56. The highest BCUT2D eigenvalue weighted by molar-refractivity contribution is 5.98. The number of esters is 1. The van der Waals surface area contributed by atoms with Gasteiger partial charge in [-0.3, -0.25) is 0 Å². The number of nitrogens with one attached hydrogen (secondary N) is 1. The Hall–Kier alpha value is -2.01. The van der Waals surface area contributed by atoms with E-state index in [1.165, 1.54) is 0 Å². The summed E-state index contributed by atoms with van der Waals surface area (Å²) in [5.74, 6) is 1.25. The summed E-state index contributed by atoms with van der Waals surface area (Å²) in [6.07, 6.45) is 2.05. The van der Waals surface area contributed by atoms with Crippen LogP contribution in [-0.4, -0.2) is 32.3 Å². The fraction of sp³-hybridized carbons (Fsp3) is 0.550. The molecule has 0 saturated heterocycles.